The summed E-state index contributed by atoms with van der Waals surface area (Å²) in [4.78, 5) is 21.1. The number of aromatic nitrogens is 2. The Bertz CT molecular complexity index is 1040. The highest BCUT2D eigenvalue weighted by Crippen LogP contribution is 2.32. The van der Waals surface area contributed by atoms with Crippen molar-refractivity contribution in [1.82, 2.24) is 9.97 Å². The Morgan fingerprint density at radius 3 is 2.64 bits per heavy atom. The Morgan fingerprint density at radius 1 is 1.00 bits per heavy atom. The summed E-state index contributed by atoms with van der Waals surface area (Å²) >= 11 is 0. The van der Waals surface area contributed by atoms with Crippen LogP contribution in [0.5, 0.6) is 11.5 Å². The van der Waals surface area contributed by atoms with Crippen LogP contribution in [0.15, 0.2) is 48.5 Å². The Balaban J connectivity index is 1.53. The number of halogens is 1. The van der Waals surface area contributed by atoms with Crippen molar-refractivity contribution in [3.8, 4) is 11.5 Å². The molecule has 0 radical (unpaired) electrons. The number of fused-ring (bicyclic) bond motifs is 1. The minimum absolute atomic E-state index is 0.182. The third kappa shape index (κ3) is 4.01. The van der Waals surface area contributed by atoms with Gasteiger partial charge in [0, 0.05) is 23.5 Å². The van der Waals surface area contributed by atoms with Gasteiger partial charge in [-0.1, -0.05) is 6.07 Å². The molecule has 4 rings (SSSR count). The summed E-state index contributed by atoms with van der Waals surface area (Å²) in [5.74, 6) is 1.26. The molecule has 3 aromatic rings. The third-order valence-electron chi connectivity index (χ3n) is 3.97. The smallest absolute Gasteiger partial charge is 0.274 e. The van der Waals surface area contributed by atoms with Crippen molar-refractivity contribution in [2.24, 2.45) is 0 Å². The summed E-state index contributed by atoms with van der Waals surface area (Å²) in [6.07, 6.45) is 0. The summed E-state index contributed by atoms with van der Waals surface area (Å²) < 4.78 is 24.4. The summed E-state index contributed by atoms with van der Waals surface area (Å²) in [6, 6.07) is 12.7. The van der Waals surface area contributed by atoms with Crippen LogP contribution >= 0.6 is 0 Å². The number of hydrogen-bond donors (Lipinski definition) is 2. The van der Waals surface area contributed by atoms with E-state index in [1.54, 1.807) is 37.3 Å². The van der Waals surface area contributed by atoms with Crippen LogP contribution in [-0.4, -0.2) is 29.1 Å². The maximum Gasteiger partial charge on any atom is 0.274 e. The van der Waals surface area contributed by atoms with E-state index in [1.807, 2.05) is 0 Å². The van der Waals surface area contributed by atoms with Gasteiger partial charge in [-0.3, -0.25) is 4.79 Å². The molecular weight excluding hydrogens is 363 g/mol. The van der Waals surface area contributed by atoms with Gasteiger partial charge >= 0.3 is 0 Å². The lowest BCUT2D eigenvalue weighted by Gasteiger charge is -2.19. The number of nitrogens with one attached hydrogen (secondary N) is 2. The van der Waals surface area contributed by atoms with Gasteiger partial charge in [-0.2, -0.15) is 0 Å². The highest BCUT2D eigenvalue weighted by Gasteiger charge is 2.15. The maximum absolute atomic E-state index is 13.4. The van der Waals surface area contributed by atoms with Gasteiger partial charge in [0.25, 0.3) is 5.91 Å². The quantitative estimate of drug-likeness (QED) is 0.718. The number of ether oxygens (including phenoxy) is 2. The van der Waals surface area contributed by atoms with Gasteiger partial charge in [0.15, 0.2) is 11.5 Å². The molecule has 7 nitrogen and oxygen atoms in total. The average molecular weight is 380 g/mol. The molecule has 0 unspecified atom stereocenters. The van der Waals surface area contributed by atoms with Crippen LogP contribution in [0, 0.1) is 12.7 Å². The van der Waals surface area contributed by atoms with E-state index in [9.17, 15) is 9.18 Å². The van der Waals surface area contributed by atoms with Crippen molar-refractivity contribution in [2.75, 3.05) is 23.8 Å². The molecule has 0 saturated heterocycles. The van der Waals surface area contributed by atoms with E-state index in [4.69, 9.17) is 9.47 Å². The minimum atomic E-state index is -0.399. The van der Waals surface area contributed by atoms with Gasteiger partial charge < -0.3 is 20.1 Å². The molecule has 1 amide bonds. The first kappa shape index (κ1) is 17.7. The van der Waals surface area contributed by atoms with Crippen LogP contribution < -0.4 is 20.1 Å². The fraction of sp³-hybridized carbons (Fsp3) is 0.150. The number of anilines is 3. The molecule has 8 heteroatoms. The van der Waals surface area contributed by atoms with E-state index in [0.717, 1.165) is 0 Å². The summed E-state index contributed by atoms with van der Waals surface area (Å²) in [6.45, 7) is 2.64. The van der Waals surface area contributed by atoms with Gasteiger partial charge in [-0.25, -0.2) is 14.4 Å². The second-order valence-corrected chi connectivity index (χ2v) is 6.13. The predicted molar refractivity (Wildman–Crippen MR) is 102 cm³/mol. The topological polar surface area (TPSA) is 85.4 Å². The van der Waals surface area contributed by atoms with E-state index in [1.165, 1.54) is 18.2 Å². The Hall–Kier alpha value is -3.68. The molecule has 0 fully saturated rings. The molecule has 2 N–H and O–H groups in total. The first-order valence-corrected chi connectivity index (χ1v) is 8.66. The van der Waals surface area contributed by atoms with Crippen molar-refractivity contribution >= 4 is 23.1 Å². The molecule has 142 valence electrons. The molecule has 0 saturated carbocycles. The number of carbonyl (C=O) groups is 1. The molecule has 28 heavy (non-hydrogen) atoms. The lowest BCUT2D eigenvalue weighted by molar-refractivity contribution is 0.102. The molecule has 2 heterocycles. The van der Waals surface area contributed by atoms with Crippen LogP contribution in [0.25, 0.3) is 0 Å². The number of carbonyl (C=O) groups excluding carboxylic acids is 1. The van der Waals surface area contributed by atoms with Gasteiger partial charge in [-0.05, 0) is 37.3 Å². The van der Waals surface area contributed by atoms with Gasteiger partial charge in [0.1, 0.15) is 36.4 Å². The number of rotatable bonds is 4. The second kappa shape index (κ2) is 7.51. The second-order valence-electron chi connectivity index (χ2n) is 6.13. The Morgan fingerprint density at radius 2 is 1.82 bits per heavy atom. The van der Waals surface area contributed by atoms with E-state index in [-0.39, 0.29) is 11.5 Å². The number of aryl methyl sites for hydroxylation is 1. The van der Waals surface area contributed by atoms with Gasteiger partial charge in [0.2, 0.25) is 0 Å². The summed E-state index contributed by atoms with van der Waals surface area (Å²) in [5, 5.41) is 5.76. The van der Waals surface area contributed by atoms with E-state index < -0.39 is 5.91 Å². The van der Waals surface area contributed by atoms with Crippen LogP contribution in [0.2, 0.25) is 0 Å². The zero-order valence-corrected chi connectivity index (χ0v) is 15.0. The zero-order valence-electron chi connectivity index (χ0n) is 15.0. The largest absolute Gasteiger partial charge is 0.486 e. The van der Waals surface area contributed by atoms with Crippen LogP contribution in [-0.2, 0) is 0 Å². The van der Waals surface area contributed by atoms with Gasteiger partial charge in [0.05, 0.1) is 0 Å². The molecule has 0 spiro atoms. The van der Waals surface area contributed by atoms with E-state index >= 15 is 0 Å². The highest BCUT2D eigenvalue weighted by atomic mass is 19.1. The van der Waals surface area contributed by atoms with Crippen molar-refractivity contribution in [3.63, 3.8) is 0 Å². The van der Waals surface area contributed by atoms with Crippen LogP contribution in [0.1, 0.15) is 16.3 Å². The summed E-state index contributed by atoms with van der Waals surface area (Å²) in [5.41, 5.74) is 1.27. The third-order valence-corrected chi connectivity index (χ3v) is 3.97. The first-order valence-electron chi connectivity index (χ1n) is 8.66. The van der Waals surface area contributed by atoms with E-state index in [0.29, 0.717) is 47.7 Å². The number of amides is 1. The monoisotopic (exact) mass is 380 g/mol. The van der Waals surface area contributed by atoms with Crippen molar-refractivity contribution in [1.29, 1.82) is 0 Å². The van der Waals surface area contributed by atoms with E-state index in [2.05, 4.69) is 20.6 Å². The average Bonchev–Trinajstić information content (AvgIpc) is 2.67. The van der Waals surface area contributed by atoms with Crippen molar-refractivity contribution in [2.45, 2.75) is 6.92 Å². The SMILES string of the molecule is Cc1nc(Nc2cccc(F)c2)cc(C(=O)Nc2ccc3c(c2)OCCO3)n1. The van der Waals surface area contributed by atoms with Crippen molar-refractivity contribution in [3.05, 3.63) is 65.9 Å². The minimum Gasteiger partial charge on any atom is -0.486 e. The summed E-state index contributed by atoms with van der Waals surface area (Å²) in [7, 11) is 0. The number of benzene rings is 2. The van der Waals surface area contributed by atoms with Crippen molar-refractivity contribution < 1.29 is 18.7 Å². The maximum atomic E-state index is 13.4. The lowest BCUT2D eigenvalue weighted by Crippen LogP contribution is -2.17. The fourth-order valence-electron chi connectivity index (χ4n) is 2.78. The standard InChI is InChI=1S/C20H17FN4O3/c1-12-22-16(11-19(23-12)24-14-4-2-3-13(21)9-14)20(26)25-15-5-6-17-18(10-15)28-8-7-27-17/h2-6,9-11H,7-8H2,1H3,(H,25,26)(H,22,23,24). The molecule has 0 atom stereocenters. The molecule has 2 aromatic carbocycles. The molecule has 1 aliphatic heterocycles. The fourth-order valence-corrected chi connectivity index (χ4v) is 2.78. The zero-order chi connectivity index (χ0) is 19.5. The van der Waals surface area contributed by atoms with Crippen LogP contribution in [0.3, 0.4) is 0 Å². The lowest BCUT2D eigenvalue weighted by atomic mass is 10.2. The number of hydrogen-bond acceptors (Lipinski definition) is 6. The normalized spacial score (nSPS) is 12.4. The molecule has 1 aliphatic rings. The molecule has 0 aliphatic carbocycles. The highest BCUT2D eigenvalue weighted by molar-refractivity contribution is 6.03. The Labute approximate surface area is 160 Å². The molecular formula is C20H17FN4O3. The van der Waals surface area contributed by atoms with Crippen LogP contribution in [0.4, 0.5) is 21.6 Å². The predicted octanol–water partition coefficient (Wildman–Crippen LogP) is 3.69. The first-order chi connectivity index (χ1) is 13.6. The molecule has 1 aromatic heterocycles. The Kier molecular flexibility index (Phi) is 4.76. The number of nitrogens with zero attached hydrogens (tertiary/aromatic N) is 2. The molecule has 0 bridgehead atoms. The van der Waals surface area contributed by atoms with Gasteiger partial charge in [-0.15, -0.1) is 0 Å².